The molecule has 0 bridgehead atoms. The lowest BCUT2D eigenvalue weighted by atomic mass is 10.1. The Labute approximate surface area is 174 Å². The number of phenolic OH excluding ortho intramolecular Hbond substituents is 1. The third-order valence-corrected chi connectivity index (χ3v) is 6.56. The number of rotatable bonds is 9. The number of hydrogen-bond acceptors (Lipinski definition) is 5. The van der Waals surface area contributed by atoms with Crippen LogP contribution in [0.4, 0.5) is 0 Å². The highest BCUT2D eigenvalue weighted by Crippen LogP contribution is 2.14. The number of sulfonamides is 1. The molecule has 0 spiro atoms. The van der Waals surface area contributed by atoms with Crippen molar-refractivity contribution in [1.29, 1.82) is 0 Å². The van der Waals surface area contributed by atoms with E-state index in [4.69, 9.17) is 0 Å². The molecule has 8 heteroatoms. The third-order valence-electron chi connectivity index (χ3n) is 4.29. The molecule has 3 N–H and O–H groups in total. The molecule has 3 rings (SSSR count). The molecule has 0 saturated carbocycles. The van der Waals surface area contributed by atoms with E-state index < -0.39 is 10.0 Å². The number of hydrogen-bond donors (Lipinski definition) is 3. The van der Waals surface area contributed by atoms with Crippen molar-refractivity contribution >= 4 is 27.3 Å². The fraction of sp³-hybridized carbons (Fsp3) is 0.190. The van der Waals surface area contributed by atoms with Crippen molar-refractivity contribution in [1.82, 2.24) is 10.0 Å². The van der Waals surface area contributed by atoms with Gasteiger partial charge in [-0.1, -0.05) is 24.3 Å². The van der Waals surface area contributed by atoms with Gasteiger partial charge in [0, 0.05) is 23.5 Å². The highest BCUT2D eigenvalue weighted by Gasteiger charge is 2.16. The van der Waals surface area contributed by atoms with Crippen molar-refractivity contribution in [3.8, 4) is 5.75 Å². The summed E-state index contributed by atoms with van der Waals surface area (Å²) in [5, 5.41) is 14.0. The van der Waals surface area contributed by atoms with Gasteiger partial charge in [0.05, 0.1) is 4.90 Å². The Bertz CT molecular complexity index is 1050. The van der Waals surface area contributed by atoms with E-state index in [1.54, 1.807) is 24.3 Å². The van der Waals surface area contributed by atoms with Gasteiger partial charge in [-0.15, -0.1) is 11.3 Å². The number of carbonyl (C=O) groups excluding carboxylic acids is 1. The van der Waals surface area contributed by atoms with Gasteiger partial charge in [-0.05, 0) is 60.2 Å². The van der Waals surface area contributed by atoms with Crippen LogP contribution in [0.2, 0.25) is 0 Å². The summed E-state index contributed by atoms with van der Waals surface area (Å²) in [5.41, 5.74) is 1.37. The highest BCUT2D eigenvalue weighted by molar-refractivity contribution is 7.89. The summed E-state index contributed by atoms with van der Waals surface area (Å²) in [6, 6.07) is 16.7. The lowest BCUT2D eigenvalue weighted by Gasteiger charge is -2.09. The van der Waals surface area contributed by atoms with E-state index in [1.165, 1.54) is 23.5 Å². The van der Waals surface area contributed by atoms with Crippen molar-refractivity contribution in [2.45, 2.75) is 24.3 Å². The van der Waals surface area contributed by atoms with E-state index in [0.29, 0.717) is 12.1 Å². The van der Waals surface area contributed by atoms with Crippen LogP contribution in [0, 0.1) is 0 Å². The Hall–Kier alpha value is -2.68. The number of nitrogens with one attached hydrogen (secondary N) is 2. The van der Waals surface area contributed by atoms with Crippen molar-refractivity contribution in [3.05, 3.63) is 82.0 Å². The zero-order chi connectivity index (χ0) is 20.7. The maximum Gasteiger partial charge on any atom is 0.251 e. The van der Waals surface area contributed by atoms with Gasteiger partial charge in [0.2, 0.25) is 10.0 Å². The molecule has 3 aromatic rings. The van der Waals surface area contributed by atoms with Gasteiger partial charge >= 0.3 is 0 Å². The van der Waals surface area contributed by atoms with E-state index in [-0.39, 0.29) is 23.1 Å². The number of carbonyl (C=O) groups is 1. The quantitative estimate of drug-likeness (QED) is 0.454. The molecule has 0 aliphatic carbocycles. The number of aryl methyl sites for hydroxylation is 1. The van der Waals surface area contributed by atoms with Gasteiger partial charge in [-0.25, -0.2) is 13.1 Å². The largest absolute Gasteiger partial charge is 0.508 e. The number of aromatic hydroxyl groups is 1. The molecule has 0 unspecified atom stereocenters. The van der Waals surface area contributed by atoms with E-state index in [1.807, 2.05) is 29.6 Å². The van der Waals surface area contributed by atoms with Gasteiger partial charge in [-0.3, -0.25) is 4.79 Å². The number of thiophene rings is 1. The van der Waals surface area contributed by atoms with Crippen molar-refractivity contribution in [2.75, 3.05) is 6.54 Å². The minimum Gasteiger partial charge on any atom is -0.508 e. The summed E-state index contributed by atoms with van der Waals surface area (Å²) in [6.45, 7) is 0.682. The zero-order valence-electron chi connectivity index (χ0n) is 15.7. The van der Waals surface area contributed by atoms with Crippen LogP contribution in [-0.4, -0.2) is 26.0 Å². The highest BCUT2D eigenvalue weighted by atomic mass is 32.2. The van der Waals surface area contributed by atoms with Gasteiger partial charge in [0.25, 0.3) is 5.91 Å². The molecule has 1 heterocycles. The van der Waals surface area contributed by atoms with E-state index in [0.717, 1.165) is 23.3 Å². The molecular formula is C21H22N2O4S2. The standard InChI is InChI=1S/C21H22N2O4S2/c24-18-10-8-16(9-11-18)4-2-12-22-21(25)17-5-1-7-20(14-17)29(26,27)23-15-19-6-3-13-28-19/h1,3,5-11,13-14,23-24H,2,4,12,15H2,(H,22,25). The van der Waals surface area contributed by atoms with Crippen LogP contribution in [0.25, 0.3) is 0 Å². The summed E-state index contributed by atoms with van der Waals surface area (Å²) in [5.74, 6) is -0.0900. The minimum atomic E-state index is -3.70. The van der Waals surface area contributed by atoms with E-state index in [2.05, 4.69) is 10.0 Å². The molecule has 0 atom stereocenters. The van der Waals surface area contributed by atoms with Crippen LogP contribution in [0.3, 0.4) is 0 Å². The van der Waals surface area contributed by atoms with E-state index >= 15 is 0 Å². The first-order chi connectivity index (χ1) is 13.9. The molecule has 152 valence electrons. The first kappa shape index (κ1) is 21.0. The summed E-state index contributed by atoms with van der Waals surface area (Å²) in [4.78, 5) is 13.3. The smallest absolute Gasteiger partial charge is 0.251 e. The summed E-state index contributed by atoms with van der Waals surface area (Å²) < 4.78 is 27.5. The minimum absolute atomic E-state index is 0.0609. The number of amides is 1. The maximum absolute atomic E-state index is 12.5. The molecule has 2 aromatic carbocycles. The molecule has 29 heavy (non-hydrogen) atoms. The monoisotopic (exact) mass is 430 g/mol. The average molecular weight is 431 g/mol. The molecule has 0 aliphatic heterocycles. The Balaban J connectivity index is 1.53. The first-order valence-electron chi connectivity index (χ1n) is 9.12. The number of benzene rings is 2. The maximum atomic E-state index is 12.5. The summed E-state index contributed by atoms with van der Waals surface area (Å²) in [7, 11) is -3.70. The SMILES string of the molecule is O=C(NCCCc1ccc(O)cc1)c1cccc(S(=O)(=O)NCc2cccs2)c1. The topological polar surface area (TPSA) is 95.5 Å². The zero-order valence-corrected chi connectivity index (χ0v) is 17.3. The van der Waals surface area contributed by atoms with Crippen molar-refractivity contribution < 1.29 is 18.3 Å². The van der Waals surface area contributed by atoms with Crippen LogP contribution in [0.1, 0.15) is 27.2 Å². The van der Waals surface area contributed by atoms with Crippen LogP contribution in [0.5, 0.6) is 5.75 Å². The summed E-state index contributed by atoms with van der Waals surface area (Å²) in [6.07, 6.45) is 1.50. The van der Waals surface area contributed by atoms with Gasteiger partial charge in [0.1, 0.15) is 5.75 Å². The molecule has 0 aliphatic rings. The Morgan fingerprint density at radius 3 is 2.55 bits per heavy atom. The molecule has 0 radical (unpaired) electrons. The molecule has 6 nitrogen and oxygen atoms in total. The molecule has 0 fully saturated rings. The average Bonchev–Trinajstić information content (AvgIpc) is 3.25. The van der Waals surface area contributed by atoms with Crippen LogP contribution in [0.15, 0.2) is 70.9 Å². The van der Waals surface area contributed by atoms with Crippen molar-refractivity contribution in [2.24, 2.45) is 0 Å². The predicted molar refractivity (Wildman–Crippen MR) is 114 cm³/mol. The first-order valence-corrected chi connectivity index (χ1v) is 11.5. The second-order valence-corrected chi connectivity index (χ2v) is 9.26. The summed E-state index contributed by atoms with van der Waals surface area (Å²) >= 11 is 1.47. The van der Waals surface area contributed by atoms with E-state index in [9.17, 15) is 18.3 Å². The lowest BCUT2D eigenvalue weighted by molar-refractivity contribution is 0.0953. The fourth-order valence-corrected chi connectivity index (χ4v) is 4.51. The Morgan fingerprint density at radius 2 is 1.83 bits per heavy atom. The van der Waals surface area contributed by atoms with Crippen LogP contribution < -0.4 is 10.0 Å². The molecule has 1 aromatic heterocycles. The van der Waals surface area contributed by atoms with Gasteiger partial charge < -0.3 is 10.4 Å². The van der Waals surface area contributed by atoms with Gasteiger partial charge in [-0.2, -0.15) is 0 Å². The predicted octanol–water partition coefficient (Wildman–Crippen LogP) is 3.29. The van der Waals surface area contributed by atoms with Gasteiger partial charge in [0.15, 0.2) is 0 Å². The number of phenols is 1. The third kappa shape index (κ3) is 6.15. The van der Waals surface area contributed by atoms with Crippen molar-refractivity contribution in [3.63, 3.8) is 0 Å². The van der Waals surface area contributed by atoms with Crippen LogP contribution in [-0.2, 0) is 23.0 Å². The normalized spacial score (nSPS) is 11.3. The fourth-order valence-electron chi connectivity index (χ4n) is 2.73. The molecule has 1 amide bonds. The second-order valence-electron chi connectivity index (χ2n) is 6.46. The second kappa shape index (κ2) is 9.69. The Morgan fingerprint density at radius 1 is 1.03 bits per heavy atom. The van der Waals surface area contributed by atoms with Crippen LogP contribution >= 0.6 is 11.3 Å². The molecule has 0 saturated heterocycles. The lowest BCUT2D eigenvalue weighted by Crippen LogP contribution is -2.26. The molecular weight excluding hydrogens is 408 g/mol. The Kier molecular flexibility index (Phi) is 7.03.